The standard InChI is InChI=1S/C45H80O15/c1-3-5-7-9-11-12-13-14-15-16-17-18-19-20-22-24-26-28-37(48)58-33(30-55-36(47)27-25-23-21-10-8-6-4-2)31-56-44-43(54)41(52)39(50)35(60-44)32-57-45-42(53)40(51)38(49)34(29-46)59-45/h11-12,14-15,33-35,38-46,49-54H,3-10,13,16-32H2,1-2H3/b12-11-,15-14-. The zero-order chi connectivity index (χ0) is 44.0. The van der Waals surface area contributed by atoms with Gasteiger partial charge in [0, 0.05) is 12.8 Å². The fourth-order valence-electron chi connectivity index (χ4n) is 7.07. The van der Waals surface area contributed by atoms with Gasteiger partial charge in [-0.25, -0.2) is 0 Å². The summed E-state index contributed by atoms with van der Waals surface area (Å²) in [5.74, 6) is -0.940. The number of carbonyl (C=O) groups excluding carboxylic acids is 2. The third-order valence-corrected chi connectivity index (χ3v) is 10.9. The number of aliphatic hydroxyl groups is 7. The smallest absolute Gasteiger partial charge is 0.306 e. The first-order valence-corrected chi connectivity index (χ1v) is 22.9. The molecule has 0 saturated carbocycles. The minimum atomic E-state index is -1.76. The van der Waals surface area contributed by atoms with Gasteiger partial charge in [-0.2, -0.15) is 0 Å². The van der Waals surface area contributed by atoms with Crippen LogP contribution in [0, 0.1) is 0 Å². The Bertz CT molecular complexity index is 1150. The van der Waals surface area contributed by atoms with Gasteiger partial charge in [-0.15, -0.1) is 0 Å². The van der Waals surface area contributed by atoms with E-state index in [-0.39, 0.29) is 26.1 Å². The van der Waals surface area contributed by atoms with E-state index in [1.54, 1.807) is 0 Å². The lowest BCUT2D eigenvalue weighted by Gasteiger charge is -2.42. The van der Waals surface area contributed by atoms with Crippen LogP contribution in [0.2, 0.25) is 0 Å². The van der Waals surface area contributed by atoms with Crippen molar-refractivity contribution in [1.82, 2.24) is 0 Å². The Kier molecular flexibility index (Phi) is 30.2. The molecule has 11 unspecified atom stereocenters. The van der Waals surface area contributed by atoms with Crippen molar-refractivity contribution >= 4 is 11.9 Å². The highest BCUT2D eigenvalue weighted by atomic mass is 16.7. The van der Waals surface area contributed by atoms with E-state index in [1.807, 2.05) is 0 Å². The normalized spacial score (nSPS) is 27.8. The molecule has 0 amide bonds. The molecule has 0 aromatic heterocycles. The van der Waals surface area contributed by atoms with Crippen LogP contribution in [0.1, 0.15) is 155 Å². The summed E-state index contributed by atoms with van der Waals surface area (Å²) >= 11 is 0. The van der Waals surface area contributed by atoms with Crippen molar-refractivity contribution in [3.8, 4) is 0 Å². The molecule has 7 N–H and O–H groups in total. The van der Waals surface area contributed by atoms with Crippen molar-refractivity contribution in [2.75, 3.05) is 26.4 Å². The van der Waals surface area contributed by atoms with Crippen LogP contribution in [0.5, 0.6) is 0 Å². The van der Waals surface area contributed by atoms with E-state index < -0.39 is 92.7 Å². The third-order valence-electron chi connectivity index (χ3n) is 10.9. The van der Waals surface area contributed by atoms with Gasteiger partial charge in [-0.05, 0) is 44.9 Å². The van der Waals surface area contributed by atoms with Gasteiger partial charge in [0.25, 0.3) is 0 Å². The summed E-state index contributed by atoms with van der Waals surface area (Å²) < 4.78 is 33.4. The Hall–Kier alpha value is -2.02. The number of allylic oxidation sites excluding steroid dienone is 4. The van der Waals surface area contributed by atoms with E-state index in [1.165, 1.54) is 44.9 Å². The lowest BCUT2D eigenvalue weighted by molar-refractivity contribution is -0.332. The Morgan fingerprint density at radius 2 is 1.00 bits per heavy atom. The van der Waals surface area contributed by atoms with E-state index in [4.69, 9.17) is 28.4 Å². The number of hydrogen-bond donors (Lipinski definition) is 7. The molecular formula is C45H80O15. The van der Waals surface area contributed by atoms with Crippen LogP contribution < -0.4 is 0 Å². The quantitative estimate of drug-likeness (QED) is 0.0261. The number of carbonyl (C=O) groups is 2. The first-order valence-electron chi connectivity index (χ1n) is 22.9. The molecule has 0 radical (unpaired) electrons. The first kappa shape index (κ1) is 54.1. The minimum Gasteiger partial charge on any atom is -0.462 e. The molecule has 15 heteroatoms. The molecular weight excluding hydrogens is 780 g/mol. The van der Waals surface area contributed by atoms with Gasteiger partial charge in [0.1, 0.15) is 55.4 Å². The van der Waals surface area contributed by atoms with Crippen LogP contribution in [-0.2, 0) is 38.0 Å². The van der Waals surface area contributed by atoms with Gasteiger partial charge in [-0.1, -0.05) is 122 Å². The lowest BCUT2D eigenvalue weighted by Crippen LogP contribution is -2.61. The van der Waals surface area contributed by atoms with Crippen molar-refractivity contribution in [2.24, 2.45) is 0 Å². The summed E-state index contributed by atoms with van der Waals surface area (Å²) in [7, 11) is 0. The largest absolute Gasteiger partial charge is 0.462 e. The number of esters is 2. The second kappa shape index (κ2) is 33.5. The van der Waals surface area contributed by atoms with E-state index >= 15 is 0 Å². The topological polar surface area (TPSA) is 231 Å². The van der Waals surface area contributed by atoms with Crippen molar-refractivity contribution < 1.29 is 73.8 Å². The summed E-state index contributed by atoms with van der Waals surface area (Å²) in [4.78, 5) is 25.5. The molecule has 0 bridgehead atoms. The monoisotopic (exact) mass is 861 g/mol. The molecule has 2 fully saturated rings. The summed E-state index contributed by atoms with van der Waals surface area (Å²) in [6, 6.07) is 0. The van der Waals surface area contributed by atoms with Gasteiger partial charge < -0.3 is 64.2 Å². The van der Waals surface area contributed by atoms with Gasteiger partial charge in [0.2, 0.25) is 0 Å². The zero-order valence-corrected chi connectivity index (χ0v) is 36.4. The van der Waals surface area contributed by atoms with Crippen molar-refractivity contribution in [3.05, 3.63) is 24.3 Å². The number of aliphatic hydroxyl groups excluding tert-OH is 7. The molecule has 2 rings (SSSR count). The average molecular weight is 861 g/mol. The van der Waals surface area contributed by atoms with E-state index in [0.29, 0.717) is 12.8 Å². The van der Waals surface area contributed by atoms with Crippen molar-refractivity contribution in [3.63, 3.8) is 0 Å². The predicted octanol–water partition coefficient (Wildman–Crippen LogP) is 4.82. The molecule has 0 aliphatic carbocycles. The SMILES string of the molecule is CCCCC/C=C\C/C=C\CCCCCCCCCC(=O)OC(COC(=O)CCCCCCCCC)COC1OC(COC2OC(CO)C(O)C(O)C2O)C(O)C(O)C1O. The second-order valence-electron chi connectivity index (χ2n) is 16.2. The maximum atomic E-state index is 12.9. The van der Waals surface area contributed by atoms with E-state index in [2.05, 4.69) is 38.2 Å². The van der Waals surface area contributed by atoms with Crippen LogP contribution in [0.4, 0.5) is 0 Å². The van der Waals surface area contributed by atoms with Crippen molar-refractivity contribution in [2.45, 2.75) is 223 Å². The molecule has 350 valence electrons. The highest BCUT2D eigenvalue weighted by Gasteiger charge is 2.47. The van der Waals surface area contributed by atoms with E-state index in [9.17, 15) is 45.3 Å². The molecule has 2 saturated heterocycles. The van der Waals surface area contributed by atoms with Crippen LogP contribution in [0.25, 0.3) is 0 Å². The van der Waals surface area contributed by atoms with Crippen LogP contribution in [0.15, 0.2) is 24.3 Å². The average Bonchev–Trinajstić information content (AvgIpc) is 3.24. The number of rotatable bonds is 34. The molecule has 0 spiro atoms. The number of hydrogen-bond acceptors (Lipinski definition) is 15. The van der Waals surface area contributed by atoms with Crippen molar-refractivity contribution in [1.29, 1.82) is 0 Å². The number of unbranched alkanes of at least 4 members (excludes halogenated alkanes) is 16. The number of ether oxygens (including phenoxy) is 6. The molecule has 60 heavy (non-hydrogen) atoms. The van der Waals surface area contributed by atoms with Crippen LogP contribution in [0.3, 0.4) is 0 Å². The lowest BCUT2D eigenvalue weighted by atomic mass is 9.98. The summed E-state index contributed by atoms with van der Waals surface area (Å²) in [5, 5.41) is 71.7. The molecule has 2 heterocycles. The molecule has 2 aliphatic rings. The van der Waals surface area contributed by atoms with Crippen LogP contribution in [-0.4, -0.2) is 142 Å². The first-order chi connectivity index (χ1) is 29.0. The Labute approximate surface area is 358 Å². The fourth-order valence-corrected chi connectivity index (χ4v) is 7.07. The molecule has 2 aliphatic heterocycles. The van der Waals surface area contributed by atoms with Gasteiger partial charge in [0.15, 0.2) is 18.7 Å². The van der Waals surface area contributed by atoms with E-state index in [0.717, 1.165) is 70.6 Å². The Morgan fingerprint density at radius 3 is 1.58 bits per heavy atom. The molecule has 11 atom stereocenters. The summed E-state index contributed by atoms with van der Waals surface area (Å²) in [6.45, 7) is 2.48. The second-order valence-corrected chi connectivity index (χ2v) is 16.2. The summed E-state index contributed by atoms with van der Waals surface area (Å²) in [5.41, 5.74) is 0. The third kappa shape index (κ3) is 22.4. The molecule has 0 aromatic carbocycles. The molecule has 15 nitrogen and oxygen atoms in total. The highest BCUT2D eigenvalue weighted by Crippen LogP contribution is 2.26. The Morgan fingerprint density at radius 1 is 0.533 bits per heavy atom. The van der Waals surface area contributed by atoms with Gasteiger partial charge in [-0.3, -0.25) is 9.59 Å². The maximum Gasteiger partial charge on any atom is 0.306 e. The van der Waals surface area contributed by atoms with Crippen LogP contribution >= 0.6 is 0 Å². The summed E-state index contributed by atoms with van der Waals surface area (Å²) in [6.07, 6.45) is 13.9. The maximum absolute atomic E-state index is 12.9. The Balaban J connectivity index is 1.82. The van der Waals surface area contributed by atoms with Gasteiger partial charge >= 0.3 is 11.9 Å². The predicted molar refractivity (Wildman–Crippen MR) is 224 cm³/mol. The highest BCUT2D eigenvalue weighted by molar-refractivity contribution is 5.70. The minimum absolute atomic E-state index is 0.158. The zero-order valence-electron chi connectivity index (χ0n) is 36.4. The fraction of sp³-hybridized carbons (Fsp3) is 0.867. The molecule has 0 aromatic rings. The van der Waals surface area contributed by atoms with Gasteiger partial charge in [0.05, 0.1) is 19.8 Å².